The van der Waals surface area contributed by atoms with E-state index in [0.717, 1.165) is 29.9 Å². The fraction of sp³-hybridized carbons (Fsp3) is 0.385. The molecule has 0 saturated carbocycles. The Kier molecular flexibility index (Phi) is 5.93. The van der Waals surface area contributed by atoms with Crippen molar-refractivity contribution in [2.45, 2.75) is 26.3 Å². The first kappa shape index (κ1) is 22.7. The Hall–Kier alpha value is -3.13. The fourth-order valence-electron chi connectivity index (χ4n) is 4.84. The summed E-state index contributed by atoms with van der Waals surface area (Å²) in [4.78, 5) is 17.6. The van der Waals surface area contributed by atoms with Crippen molar-refractivity contribution in [2.24, 2.45) is 0 Å². The molecule has 2 aliphatic rings. The quantitative estimate of drug-likeness (QED) is 0.574. The molecule has 0 radical (unpaired) electrons. The molecule has 2 saturated heterocycles. The molecule has 3 heterocycles. The molecule has 2 aromatic carbocycles. The van der Waals surface area contributed by atoms with Gasteiger partial charge in [-0.3, -0.25) is 9.48 Å². The molecule has 1 amide bonds. The number of carbonyl (C=O) groups excluding carboxylic acids is 1. The van der Waals surface area contributed by atoms with Gasteiger partial charge in [-0.05, 0) is 49.6 Å². The van der Waals surface area contributed by atoms with E-state index >= 15 is 0 Å². The monoisotopic (exact) mass is 478 g/mol. The van der Waals surface area contributed by atoms with Gasteiger partial charge < -0.3 is 9.80 Å². The van der Waals surface area contributed by atoms with Crippen molar-refractivity contribution in [3.8, 4) is 11.3 Å². The number of nitrogens with zero attached hydrogens (tertiary/aromatic N) is 4. The van der Waals surface area contributed by atoms with Gasteiger partial charge in [0.1, 0.15) is 0 Å². The second-order valence-corrected chi connectivity index (χ2v) is 11.6. The third-order valence-electron chi connectivity index (χ3n) is 6.79. The van der Waals surface area contributed by atoms with Crippen LogP contribution in [0, 0.1) is 13.8 Å². The maximum Gasteiger partial charge on any atom is 0.274 e. The number of benzene rings is 2. The van der Waals surface area contributed by atoms with Crippen LogP contribution in [0.1, 0.15) is 34.1 Å². The molecule has 5 rings (SSSR count). The normalized spacial score (nSPS) is 20.0. The molecular formula is C26H30N4O3S. The lowest BCUT2D eigenvalue weighted by Gasteiger charge is -2.36. The minimum atomic E-state index is -3.08. The van der Waals surface area contributed by atoms with E-state index in [1.807, 2.05) is 42.2 Å². The van der Waals surface area contributed by atoms with Gasteiger partial charge in [0.25, 0.3) is 5.91 Å². The number of hydrogen-bond acceptors (Lipinski definition) is 5. The molecule has 0 aliphatic carbocycles. The average Bonchev–Trinajstić information content (AvgIpc) is 3.42. The van der Waals surface area contributed by atoms with Crippen molar-refractivity contribution in [1.29, 1.82) is 0 Å². The summed E-state index contributed by atoms with van der Waals surface area (Å²) in [6, 6.07) is 18.0. The SMILES string of the molecule is Cc1ccc(-c2cc(C(=O)N3CCN(c4cccc(C)c4)CC3)nn2[C@@H]2CCS(=O)(=O)C2)cc1. The number of sulfone groups is 1. The zero-order chi connectivity index (χ0) is 23.9. The van der Waals surface area contributed by atoms with Crippen LogP contribution < -0.4 is 4.90 Å². The standard InChI is InChI=1S/C26H30N4O3S/c1-19-6-8-21(9-7-19)25-17-24(27-30(25)23-10-15-34(32,33)18-23)26(31)29-13-11-28(12-14-29)22-5-3-4-20(2)16-22/h3-9,16-17,23H,10-15,18H2,1-2H3/t23-/m1/s1. The Labute approximate surface area is 200 Å². The Balaban J connectivity index is 1.38. The highest BCUT2D eigenvalue weighted by atomic mass is 32.2. The van der Waals surface area contributed by atoms with Crippen LogP contribution in [0.3, 0.4) is 0 Å². The van der Waals surface area contributed by atoms with E-state index in [9.17, 15) is 13.2 Å². The predicted octanol–water partition coefficient (Wildman–Crippen LogP) is 3.49. The molecule has 0 bridgehead atoms. The minimum Gasteiger partial charge on any atom is -0.368 e. The van der Waals surface area contributed by atoms with Crippen LogP contribution in [0.4, 0.5) is 5.69 Å². The summed E-state index contributed by atoms with van der Waals surface area (Å²) in [5, 5.41) is 4.67. The fourth-order valence-corrected chi connectivity index (χ4v) is 6.53. The van der Waals surface area contributed by atoms with Crippen LogP contribution >= 0.6 is 0 Å². The molecule has 0 spiro atoms. The third-order valence-corrected chi connectivity index (χ3v) is 8.54. The van der Waals surface area contributed by atoms with Crippen molar-refractivity contribution in [3.05, 3.63) is 71.4 Å². The first-order valence-corrected chi connectivity index (χ1v) is 13.6. The maximum atomic E-state index is 13.4. The maximum absolute atomic E-state index is 13.4. The molecule has 1 aromatic heterocycles. The van der Waals surface area contributed by atoms with Crippen LogP contribution in [-0.2, 0) is 9.84 Å². The number of piperazine rings is 1. The van der Waals surface area contributed by atoms with Gasteiger partial charge in [0, 0.05) is 31.9 Å². The van der Waals surface area contributed by atoms with Gasteiger partial charge in [-0.2, -0.15) is 5.10 Å². The van der Waals surface area contributed by atoms with E-state index in [4.69, 9.17) is 0 Å². The molecule has 8 heteroatoms. The largest absolute Gasteiger partial charge is 0.368 e. The van der Waals surface area contributed by atoms with Crippen molar-refractivity contribution in [2.75, 3.05) is 42.6 Å². The number of aryl methyl sites for hydroxylation is 2. The van der Waals surface area contributed by atoms with E-state index in [1.54, 1.807) is 4.68 Å². The second-order valence-electron chi connectivity index (χ2n) is 9.40. The van der Waals surface area contributed by atoms with E-state index in [-0.39, 0.29) is 23.5 Å². The zero-order valence-corrected chi connectivity index (χ0v) is 20.5. The summed E-state index contributed by atoms with van der Waals surface area (Å²) in [6.45, 7) is 6.88. The van der Waals surface area contributed by atoms with Gasteiger partial charge >= 0.3 is 0 Å². The Morgan fingerprint density at radius 3 is 2.32 bits per heavy atom. The Morgan fingerprint density at radius 2 is 1.68 bits per heavy atom. The van der Waals surface area contributed by atoms with E-state index in [0.29, 0.717) is 25.2 Å². The highest BCUT2D eigenvalue weighted by Gasteiger charge is 2.33. The number of aromatic nitrogens is 2. The van der Waals surface area contributed by atoms with Gasteiger partial charge in [0.05, 0.1) is 23.2 Å². The Bertz CT molecular complexity index is 1310. The van der Waals surface area contributed by atoms with Crippen molar-refractivity contribution in [1.82, 2.24) is 14.7 Å². The molecule has 0 unspecified atom stereocenters. The van der Waals surface area contributed by atoms with Crippen molar-refractivity contribution >= 4 is 21.4 Å². The molecule has 7 nitrogen and oxygen atoms in total. The number of hydrogen-bond donors (Lipinski definition) is 0. The van der Waals surface area contributed by atoms with Crippen molar-refractivity contribution in [3.63, 3.8) is 0 Å². The molecular weight excluding hydrogens is 448 g/mol. The van der Waals surface area contributed by atoms with E-state index in [1.165, 1.54) is 11.3 Å². The summed E-state index contributed by atoms with van der Waals surface area (Å²) >= 11 is 0. The van der Waals surface area contributed by atoms with Crippen LogP contribution in [0.15, 0.2) is 54.6 Å². The third kappa shape index (κ3) is 4.59. The van der Waals surface area contributed by atoms with Gasteiger partial charge in [-0.1, -0.05) is 42.0 Å². The molecule has 2 fully saturated rings. The molecule has 178 valence electrons. The summed E-state index contributed by atoms with van der Waals surface area (Å²) in [5.74, 6) is 0.127. The molecule has 0 N–H and O–H groups in total. The lowest BCUT2D eigenvalue weighted by molar-refractivity contribution is 0.0739. The first-order valence-electron chi connectivity index (χ1n) is 11.8. The lowest BCUT2D eigenvalue weighted by atomic mass is 10.1. The van der Waals surface area contributed by atoms with E-state index in [2.05, 4.69) is 41.2 Å². The van der Waals surface area contributed by atoms with Crippen LogP contribution in [0.25, 0.3) is 11.3 Å². The predicted molar refractivity (Wildman–Crippen MR) is 134 cm³/mol. The molecule has 2 aliphatic heterocycles. The first-order chi connectivity index (χ1) is 16.3. The van der Waals surface area contributed by atoms with Crippen LogP contribution in [-0.4, -0.2) is 66.7 Å². The topological polar surface area (TPSA) is 75.5 Å². The van der Waals surface area contributed by atoms with Crippen LogP contribution in [0.2, 0.25) is 0 Å². The smallest absolute Gasteiger partial charge is 0.274 e. The second kappa shape index (κ2) is 8.91. The number of rotatable bonds is 4. The van der Waals surface area contributed by atoms with Gasteiger partial charge in [-0.15, -0.1) is 0 Å². The molecule has 3 aromatic rings. The summed E-state index contributed by atoms with van der Waals surface area (Å²) in [6.07, 6.45) is 0.520. The summed E-state index contributed by atoms with van der Waals surface area (Å²) in [7, 11) is -3.08. The van der Waals surface area contributed by atoms with Gasteiger partial charge in [0.15, 0.2) is 15.5 Å². The molecule has 1 atom stereocenters. The highest BCUT2D eigenvalue weighted by molar-refractivity contribution is 7.91. The van der Waals surface area contributed by atoms with Crippen molar-refractivity contribution < 1.29 is 13.2 Å². The van der Waals surface area contributed by atoms with E-state index < -0.39 is 9.84 Å². The summed E-state index contributed by atoms with van der Waals surface area (Å²) in [5.41, 5.74) is 5.65. The number of anilines is 1. The number of carbonyl (C=O) groups is 1. The highest BCUT2D eigenvalue weighted by Crippen LogP contribution is 2.31. The average molecular weight is 479 g/mol. The van der Waals surface area contributed by atoms with Crippen LogP contribution in [0.5, 0.6) is 0 Å². The summed E-state index contributed by atoms with van der Waals surface area (Å²) < 4.78 is 26.1. The van der Waals surface area contributed by atoms with Gasteiger partial charge in [0.2, 0.25) is 0 Å². The zero-order valence-electron chi connectivity index (χ0n) is 19.6. The number of amides is 1. The molecule has 34 heavy (non-hydrogen) atoms. The lowest BCUT2D eigenvalue weighted by Crippen LogP contribution is -2.49. The van der Waals surface area contributed by atoms with Gasteiger partial charge in [-0.25, -0.2) is 8.42 Å². The Morgan fingerprint density at radius 1 is 0.941 bits per heavy atom. The minimum absolute atomic E-state index is 0.0658.